The van der Waals surface area contributed by atoms with Crippen molar-refractivity contribution in [2.75, 3.05) is 24.4 Å². The van der Waals surface area contributed by atoms with Crippen molar-refractivity contribution < 1.29 is 14.2 Å². The van der Waals surface area contributed by atoms with Crippen LogP contribution in [0, 0.1) is 5.82 Å². The number of aliphatic hydroxyl groups is 1. The number of halogens is 1. The monoisotopic (exact) mass is 422 g/mol. The van der Waals surface area contributed by atoms with E-state index in [1.165, 1.54) is 6.07 Å². The molecule has 1 atom stereocenters. The minimum Gasteiger partial charge on any atom is -0.497 e. The standard InChI is InChI=1S/C22H23FN6O2/c1-3-15(13-30)29-20-19(27-22(29)26-18-7-5-4-6-17(18)23)12-24-21(28-20)25-14-8-10-16(31-2)11-9-14/h4-12,15,30H,3,13H2,1-2H3,(H,26,27)(H,24,25,28). The third kappa shape index (κ3) is 4.26. The van der Waals surface area contributed by atoms with Crippen molar-refractivity contribution in [3.63, 3.8) is 0 Å². The zero-order valence-electron chi connectivity index (χ0n) is 17.2. The van der Waals surface area contributed by atoms with Gasteiger partial charge in [-0.2, -0.15) is 4.98 Å². The zero-order valence-corrected chi connectivity index (χ0v) is 17.2. The summed E-state index contributed by atoms with van der Waals surface area (Å²) in [5.74, 6) is 1.12. The third-order valence-electron chi connectivity index (χ3n) is 4.95. The average molecular weight is 422 g/mol. The van der Waals surface area contributed by atoms with E-state index in [1.807, 2.05) is 31.2 Å². The molecular weight excluding hydrogens is 399 g/mol. The number of aliphatic hydroxyl groups excluding tert-OH is 1. The summed E-state index contributed by atoms with van der Waals surface area (Å²) in [6.07, 6.45) is 2.24. The molecule has 0 aliphatic heterocycles. The van der Waals surface area contributed by atoms with Crippen molar-refractivity contribution in [1.29, 1.82) is 0 Å². The van der Waals surface area contributed by atoms with Crippen molar-refractivity contribution in [2.24, 2.45) is 0 Å². The fourth-order valence-electron chi connectivity index (χ4n) is 3.26. The van der Waals surface area contributed by atoms with Gasteiger partial charge >= 0.3 is 0 Å². The lowest BCUT2D eigenvalue weighted by molar-refractivity contribution is 0.228. The maximum Gasteiger partial charge on any atom is 0.229 e. The van der Waals surface area contributed by atoms with Crippen LogP contribution in [0.5, 0.6) is 5.75 Å². The van der Waals surface area contributed by atoms with E-state index < -0.39 is 5.82 Å². The largest absolute Gasteiger partial charge is 0.497 e. The molecule has 0 spiro atoms. The molecule has 0 saturated heterocycles. The third-order valence-corrected chi connectivity index (χ3v) is 4.95. The second kappa shape index (κ2) is 8.97. The molecular formula is C22H23FN6O2. The van der Waals surface area contributed by atoms with E-state index in [1.54, 1.807) is 36.1 Å². The van der Waals surface area contributed by atoms with E-state index in [2.05, 4.69) is 25.6 Å². The number of nitrogens with zero attached hydrogens (tertiary/aromatic N) is 4. The molecule has 0 saturated carbocycles. The lowest BCUT2D eigenvalue weighted by atomic mass is 10.2. The van der Waals surface area contributed by atoms with Crippen LogP contribution in [0.1, 0.15) is 19.4 Å². The first-order chi connectivity index (χ1) is 15.1. The van der Waals surface area contributed by atoms with Gasteiger partial charge in [-0.1, -0.05) is 19.1 Å². The number of anilines is 4. The smallest absolute Gasteiger partial charge is 0.229 e. The molecule has 31 heavy (non-hydrogen) atoms. The number of ether oxygens (including phenoxy) is 1. The van der Waals surface area contributed by atoms with Crippen LogP contribution in [0.15, 0.2) is 54.7 Å². The van der Waals surface area contributed by atoms with Gasteiger partial charge in [0.25, 0.3) is 0 Å². The Labute approximate surface area is 178 Å². The molecule has 160 valence electrons. The van der Waals surface area contributed by atoms with Gasteiger partial charge in [-0.05, 0) is 42.8 Å². The second-order valence-corrected chi connectivity index (χ2v) is 6.91. The fraction of sp³-hybridized carbons (Fsp3) is 0.227. The molecule has 0 aliphatic carbocycles. The molecule has 0 fully saturated rings. The van der Waals surface area contributed by atoms with E-state index in [0.29, 0.717) is 29.5 Å². The maximum absolute atomic E-state index is 14.2. The minimum absolute atomic E-state index is 0.112. The zero-order chi connectivity index (χ0) is 21.8. The topological polar surface area (TPSA) is 97.1 Å². The Kier molecular flexibility index (Phi) is 5.94. The highest BCUT2D eigenvalue weighted by molar-refractivity contribution is 5.77. The number of nitrogens with one attached hydrogen (secondary N) is 2. The number of rotatable bonds is 8. The molecule has 0 radical (unpaired) electrons. The van der Waals surface area contributed by atoms with Crippen LogP contribution >= 0.6 is 0 Å². The van der Waals surface area contributed by atoms with Crippen LogP contribution in [-0.4, -0.2) is 38.3 Å². The quantitative estimate of drug-likeness (QED) is 0.387. The van der Waals surface area contributed by atoms with Crippen LogP contribution in [-0.2, 0) is 0 Å². The van der Waals surface area contributed by atoms with Crippen LogP contribution in [0.4, 0.5) is 27.7 Å². The molecule has 0 amide bonds. The molecule has 3 N–H and O–H groups in total. The number of benzene rings is 2. The summed E-state index contributed by atoms with van der Waals surface area (Å²) in [5.41, 5.74) is 2.15. The van der Waals surface area contributed by atoms with Crippen LogP contribution < -0.4 is 15.4 Å². The first-order valence-corrected chi connectivity index (χ1v) is 9.91. The lowest BCUT2D eigenvalue weighted by Gasteiger charge is -2.18. The van der Waals surface area contributed by atoms with E-state index in [9.17, 15) is 9.50 Å². The lowest BCUT2D eigenvalue weighted by Crippen LogP contribution is -2.15. The number of hydrogen-bond acceptors (Lipinski definition) is 7. The molecule has 2 aromatic heterocycles. The summed E-state index contributed by atoms with van der Waals surface area (Å²) < 4.78 is 21.1. The first kappa shape index (κ1) is 20.5. The summed E-state index contributed by atoms with van der Waals surface area (Å²) in [5, 5.41) is 16.1. The normalized spacial score (nSPS) is 12.0. The Hall–Kier alpha value is -3.72. The van der Waals surface area contributed by atoms with Gasteiger partial charge in [0.2, 0.25) is 11.9 Å². The van der Waals surface area contributed by atoms with Gasteiger partial charge in [-0.15, -0.1) is 0 Å². The predicted octanol–water partition coefficient (Wildman–Crippen LogP) is 4.40. The molecule has 0 aliphatic rings. The predicted molar refractivity (Wildman–Crippen MR) is 118 cm³/mol. The van der Waals surface area contributed by atoms with E-state index in [4.69, 9.17) is 4.74 Å². The Morgan fingerprint density at radius 1 is 1.10 bits per heavy atom. The minimum atomic E-state index is -0.397. The molecule has 4 aromatic rings. The van der Waals surface area contributed by atoms with Crippen molar-refractivity contribution >= 4 is 34.4 Å². The highest BCUT2D eigenvalue weighted by atomic mass is 19.1. The highest BCUT2D eigenvalue weighted by Gasteiger charge is 2.20. The Balaban J connectivity index is 1.74. The number of imidazole rings is 1. The van der Waals surface area contributed by atoms with Crippen molar-refractivity contribution in [3.05, 3.63) is 60.5 Å². The van der Waals surface area contributed by atoms with Gasteiger partial charge in [0.1, 0.15) is 17.1 Å². The molecule has 1 unspecified atom stereocenters. The molecule has 8 nitrogen and oxygen atoms in total. The summed E-state index contributed by atoms with van der Waals surface area (Å²) in [6, 6.07) is 13.4. The van der Waals surface area contributed by atoms with Gasteiger partial charge in [0.05, 0.1) is 31.6 Å². The maximum atomic E-state index is 14.2. The van der Waals surface area contributed by atoms with Crippen LogP contribution in [0.25, 0.3) is 11.2 Å². The van der Waals surface area contributed by atoms with Crippen LogP contribution in [0.3, 0.4) is 0 Å². The Bertz CT molecular complexity index is 1170. The van der Waals surface area contributed by atoms with Crippen molar-refractivity contribution in [1.82, 2.24) is 19.5 Å². The van der Waals surface area contributed by atoms with Gasteiger partial charge in [0, 0.05) is 5.69 Å². The molecule has 4 rings (SSSR count). The Morgan fingerprint density at radius 3 is 2.55 bits per heavy atom. The summed E-state index contributed by atoms with van der Waals surface area (Å²) >= 11 is 0. The van der Waals surface area contributed by atoms with Gasteiger partial charge in [0.15, 0.2) is 5.65 Å². The number of aromatic nitrogens is 4. The number of methoxy groups -OCH3 is 1. The molecule has 2 aromatic carbocycles. The van der Waals surface area contributed by atoms with Gasteiger partial charge < -0.3 is 20.5 Å². The van der Waals surface area contributed by atoms with Gasteiger partial charge in [-0.25, -0.2) is 14.4 Å². The van der Waals surface area contributed by atoms with Gasteiger partial charge in [-0.3, -0.25) is 4.57 Å². The molecule has 2 heterocycles. The summed E-state index contributed by atoms with van der Waals surface area (Å²) in [4.78, 5) is 13.5. The van der Waals surface area contributed by atoms with Crippen LogP contribution in [0.2, 0.25) is 0 Å². The summed E-state index contributed by atoms with van der Waals surface area (Å²) in [6.45, 7) is 1.84. The fourth-order valence-corrected chi connectivity index (χ4v) is 3.26. The number of fused-ring (bicyclic) bond motifs is 1. The van der Waals surface area contributed by atoms with Crippen molar-refractivity contribution in [3.8, 4) is 5.75 Å². The average Bonchev–Trinajstić information content (AvgIpc) is 3.14. The second-order valence-electron chi connectivity index (χ2n) is 6.91. The van der Waals surface area contributed by atoms with E-state index in [-0.39, 0.29) is 18.3 Å². The SMILES string of the molecule is CCC(CO)n1c(Nc2ccccc2F)nc2cnc(Nc3ccc(OC)cc3)nc21. The van der Waals surface area contributed by atoms with E-state index >= 15 is 0 Å². The van der Waals surface area contributed by atoms with E-state index in [0.717, 1.165) is 11.4 Å². The first-order valence-electron chi connectivity index (χ1n) is 9.91. The molecule has 9 heteroatoms. The number of para-hydroxylation sites is 1. The summed E-state index contributed by atoms with van der Waals surface area (Å²) in [7, 11) is 1.61. The highest BCUT2D eigenvalue weighted by Crippen LogP contribution is 2.29. The Morgan fingerprint density at radius 2 is 1.87 bits per heavy atom. The molecule has 0 bridgehead atoms. The number of hydrogen-bond donors (Lipinski definition) is 3. The van der Waals surface area contributed by atoms with Crippen molar-refractivity contribution in [2.45, 2.75) is 19.4 Å².